The Bertz CT molecular complexity index is 929. The van der Waals surface area contributed by atoms with E-state index in [1.54, 1.807) is 24.3 Å². The first-order chi connectivity index (χ1) is 14.6. The predicted molar refractivity (Wildman–Crippen MR) is 119 cm³/mol. The van der Waals surface area contributed by atoms with Crippen molar-refractivity contribution >= 4 is 32.2 Å². The van der Waals surface area contributed by atoms with Gasteiger partial charge in [-0.15, -0.1) is 11.3 Å². The summed E-state index contributed by atoms with van der Waals surface area (Å²) in [6, 6.07) is 8.55. The minimum atomic E-state index is -3.67. The zero-order chi connectivity index (χ0) is 21.0. The first kappa shape index (κ1) is 21.3. The van der Waals surface area contributed by atoms with Crippen LogP contribution in [0.2, 0.25) is 0 Å². The second-order valence-corrected chi connectivity index (χ2v) is 11.4. The number of hydrogen-bond donors (Lipinski definition) is 1. The second kappa shape index (κ2) is 9.47. The zero-order valence-corrected chi connectivity index (χ0v) is 18.8. The normalized spacial score (nSPS) is 18.8. The molecule has 30 heavy (non-hydrogen) atoms. The van der Waals surface area contributed by atoms with Crippen LogP contribution in [-0.2, 0) is 9.84 Å². The molecule has 2 aromatic rings. The largest absolute Gasteiger partial charge is 0.322 e. The van der Waals surface area contributed by atoms with Gasteiger partial charge in [-0.05, 0) is 49.9 Å². The van der Waals surface area contributed by atoms with E-state index in [1.165, 1.54) is 50.8 Å². The standard InChI is InChI=1S/C22H29N3O3S2/c26-22(25(17-9-3-1-4-10-17)18-11-5-2-6-12-18)24-19-14-15-21(29-19)30(27,28)20-13-7-8-16-23-20/h7-8,13-18H,1-6,9-12H2,(H,24,26). The number of nitrogens with one attached hydrogen (secondary N) is 1. The zero-order valence-electron chi connectivity index (χ0n) is 17.1. The van der Waals surface area contributed by atoms with Crippen molar-refractivity contribution < 1.29 is 13.2 Å². The number of urea groups is 1. The number of hydrogen-bond acceptors (Lipinski definition) is 5. The van der Waals surface area contributed by atoms with Crippen LogP contribution in [0.15, 0.2) is 45.8 Å². The van der Waals surface area contributed by atoms with Crippen molar-refractivity contribution in [3.8, 4) is 0 Å². The summed E-state index contributed by atoms with van der Waals surface area (Å²) in [4.78, 5) is 19.4. The summed E-state index contributed by atoms with van der Waals surface area (Å²) < 4.78 is 25.8. The van der Waals surface area contributed by atoms with Gasteiger partial charge >= 0.3 is 6.03 Å². The molecule has 2 saturated carbocycles. The van der Waals surface area contributed by atoms with E-state index in [-0.39, 0.29) is 15.3 Å². The Morgan fingerprint density at radius 1 is 0.933 bits per heavy atom. The molecular weight excluding hydrogens is 418 g/mol. The predicted octanol–water partition coefficient (Wildman–Crippen LogP) is 5.48. The quantitative estimate of drug-likeness (QED) is 0.659. The van der Waals surface area contributed by atoms with E-state index < -0.39 is 9.84 Å². The summed E-state index contributed by atoms with van der Waals surface area (Å²) >= 11 is 1.09. The molecule has 8 heteroatoms. The number of anilines is 1. The number of thiophene rings is 1. The number of carbonyl (C=O) groups excluding carboxylic acids is 1. The molecule has 2 heterocycles. The van der Waals surface area contributed by atoms with Gasteiger partial charge in [-0.2, -0.15) is 0 Å². The highest BCUT2D eigenvalue weighted by Crippen LogP contribution is 2.33. The number of amides is 2. The van der Waals surface area contributed by atoms with Crippen molar-refractivity contribution in [3.05, 3.63) is 36.5 Å². The highest BCUT2D eigenvalue weighted by Gasteiger charge is 2.33. The van der Waals surface area contributed by atoms with Gasteiger partial charge in [0, 0.05) is 18.3 Å². The van der Waals surface area contributed by atoms with Crippen molar-refractivity contribution in [3.63, 3.8) is 0 Å². The van der Waals surface area contributed by atoms with Gasteiger partial charge in [0.25, 0.3) is 0 Å². The third-order valence-corrected chi connectivity index (χ3v) is 9.32. The fourth-order valence-electron chi connectivity index (χ4n) is 4.66. The SMILES string of the molecule is O=C(Nc1ccc(S(=O)(=O)c2ccccn2)s1)N(C1CCCCC1)C1CCCCC1. The molecule has 162 valence electrons. The van der Waals surface area contributed by atoms with Gasteiger partial charge in [0.1, 0.15) is 4.21 Å². The maximum absolute atomic E-state index is 13.3. The lowest BCUT2D eigenvalue weighted by atomic mass is 9.89. The first-order valence-electron chi connectivity index (χ1n) is 10.9. The molecule has 0 unspecified atom stereocenters. The summed E-state index contributed by atoms with van der Waals surface area (Å²) in [6.07, 6.45) is 12.9. The molecule has 1 N–H and O–H groups in total. The monoisotopic (exact) mass is 447 g/mol. The topological polar surface area (TPSA) is 79.4 Å². The Hall–Kier alpha value is -1.93. The number of pyridine rings is 1. The molecule has 0 saturated heterocycles. The van der Waals surface area contributed by atoms with Crippen LogP contribution in [0, 0.1) is 0 Å². The number of aromatic nitrogens is 1. The fraction of sp³-hybridized carbons (Fsp3) is 0.545. The number of nitrogens with zero attached hydrogens (tertiary/aromatic N) is 2. The molecule has 2 aliphatic rings. The van der Waals surface area contributed by atoms with Crippen molar-refractivity contribution in [2.75, 3.05) is 5.32 Å². The van der Waals surface area contributed by atoms with E-state index in [0.29, 0.717) is 17.1 Å². The van der Waals surface area contributed by atoms with E-state index in [9.17, 15) is 13.2 Å². The molecule has 2 amide bonds. The summed E-state index contributed by atoms with van der Waals surface area (Å²) in [7, 11) is -3.67. The third kappa shape index (κ3) is 4.70. The average molecular weight is 448 g/mol. The van der Waals surface area contributed by atoms with Gasteiger partial charge in [0.05, 0.1) is 5.00 Å². The molecule has 4 rings (SSSR count). The molecule has 0 spiro atoms. The summed E-state index contributed by atoms with van der Waals surface area (Å²) in [5.41, 5.74) is 0. The number of rotatable bonds is 5. The van der Waals surface area contributed by atoms with Crippen LogP contribution in [0.1, 0.15) is 64.2 Å². The third-order valence-electron chi connectivity index (χ3n) is 6.16. The fourth-order valence-corrected chi connectivity index (χ4v) is 7.16. The maximum Gasteiger partial charge on any atom is 0.322 e. The first-order valence-corrected chi connectivity index (χ1v) is 13.2. The van der Waals surface area contributed by atoms with Crippen LogP contribution in [0.3, 0.4) is 0 Å². The minimum absolute atomic E-state index is 0.0239. The molecule has 0 atom stereocenters. The van der Waals surface area contributed by atoms with E-state index in [2.05, 4.69) is 15.2 Å². The second-order valence-electron chi connectivity index (χ2n) is 8.21. The number of carbonyl (C=O) groups is 1. The van der Waals surface area contributed by atoms with E-state index in [1.807, 2.05) is 0 Å². The van der Waals surface area contributed by atoms with Crippen LogP contribution in [0.25, 0.3) is 0 Å². The van der Waals surface area contributed by atoms with Gasteiger partial charge in [-0.25, -0.2) is 18.2 Å². The molecule has 2 fully saturated rings. The van der Waals surface area contributed by atoms with Crippen LogP contribution < -0.4 is 5.32 Å². The van der Waals surface area contributed by atoms with Gasteiger partial charge in [-0.1, -0.05) is 44.6 Å². The van der Waals surface area contributed by atoms with Gasteiger partial charge in [0.15, 0.2) is 5.03 Å². The van der Waals surface area contributed by atoms with E-state index in [4.69, 9.17) is 0 Å². The Morgan fingerprint density at radius 3 is 2.13 bits per heavy atom. The van der Waals surface area contributed by atoms with Gasteiger partial charge in [0.2, 0.25) is 9.84 Å². The average Bonchev–Trinajstić information content (AvgIpc) is 3.25. The van der Waals surface area contributed by atoms with Gasteiger partial charge < -0.3 is 4.90 Å². The Labute approximate surface area is 182 Å². The molecule has 0 radical (unpaired) electrons. The summed E-state index contributed by atoms with van der Waals surface area (Å²) in [5, 5.41) is 3.59. The van der Waals surface area contributed by atoms with Crippen molar-refractivity contribution in [1.29, 1.82) is 0 Å². The lowest BCUT2D eigenvalue weighted by Crippen LogP contribution is -2.50. The van der Waals surface area contributed by atoms with E-state index >= 15 is 0 Å². The minimum Gasteiger partial charge on any atom is -0.319 e. The number of sulfone groups is 1. The maximum atomic E-state index is 13.3. The van der Waals surface area contributed by atoms with Crippen LogP contribution in [0.4, 0.5) is 9.80 Å². The Kier molecular flexibility index (Phi) is 6.73. The van der Waals surface area contributed by atoms with Gasteiger partial charge in [-0.3, -0.25) is 5.32 Å². The van der Waals surface area contributed by atoms with E-state index in [0.717, 1.165) is 37.0 Å². The highest BCUT2D eigenvalue weighted by atomic mass is 32.2. The van der Waals surface area contributed by atoms with Crippen molar-refractivity contribution in [1.82, 2.24) is 9.88 Å². The summed E-state index contributed by atoms with van der Waals surface area (Å²) in [5.74, 6) is 0. The smallest absolute Gasteiger partial charge is 0.319 e. The lowest BCUT2D eigenvalue weighted by molar-refractivity contribution is 0.114. The highest BCUT2D eigenvalue weighted by molar-refractivity contribution is 7.93. The van der Waals surface area contributed by atoms with Crippen molar-refractivity contribution in [2.45, 2.75) is 85.5 Å². The van der Waals surface area contributed by atoms with Crippen LogP contribution >= 0.6 is 11.3 Å². The van der Waals surface area contributed by atoms with Crippen LogP contribution in [-0.4, -0.2) is 36.4 Å². The molecule has 2 aromatic heterocycles. The lowest BCUT2D eigenvalue weighted by Gasteiger charge is -2.41. The molecule has 6 nitrogen and oxygen atoms in total. The van der Waals surface area contributed by atoms with Crippen molar-refractivity contribution in [2.24, 2.45) is 0 Å². The Morgan fingerprint density at radius 2 is 1.57 bits per heavy atom. The molecular formula is C22H29N3O3S2. The Balaban J connectivity index is 1.51. The molecule has 0 aromatic carbocycles. The molecule has 0 aliphatic heterocycles. The molecule has 0 bridgehead atoms. The summed E-state index contributed by atoms with van der Waals surface area (Å²) in [6.45, 7) is 0. The molecule has 2 aliphatic carbocycles. The van der Waals surface area contributed by atoms with Crippen LogP contribution in [0.5, 0.6) is 0 Å².